The summed E-state index contributed by atoms with van der Waals surface area (Å²) in [4.78, 5) is 18.6. The molecule has 0 atom stereocenters. The molecule has 7 rings (SSSR count). The Morgan fingerprint density at radius 2 is 1.62 bits per heavy atom. The highest BCUT2D eigenvalue weighted by atomic mass is 35.5. The van der Waals surface area contributed by atoms with Gasteiger partial charge in [0.25, 0.3) is 5.56 Å². The van der Waals surface area contributed by atoms with Gasteiger partial charge in [-0.15, -0.1) is 0 Å². The Hall–Kier alpha value is -4.91. The molecule has 42 heavy (non-hydrogen) atoms. The lowest BCUT2D eigenvalue weighted by Gasteiger charge is -2.13. The molecule has 2 aromatic heterocycles. The van der Waals surface area contributed by atoms with E-state index in [1.807, 2.05) is 66.7 Å². The third-order valence-electron chi connectivity index (χ3n) is 7.03. The zero-order valence-electron chi connectivity index (χ0n) is 22.0. The van der Waals surface area contributed by atoms with Gasteiger partial charge in [0.05, 0.1) is 17.1 Å². The van der Waals surface area contributed by atoms with Crippen LogP contribution in [0.2, 0.25) is 10.0 Å². The smallest absolute Gasteiger partial charge is 0.282 e. The zero-order valence-corrected chi connectivity index (χ0v) is 23.5. The SMILES string of the molecule is O=c1c2ccccc2nc(-c2cc3cc(Cl)ccc3o2)n1N=Cc1c(OCc2ccccc2Cl)ccc2ccccc12. The number of rotatable bonds is 6. The first kappa shape index (κ1) is 26.0. The maximum atomic E-state index is 13.8. The topological polar surface area (TPSA) is 69.6 Å². The van der Waals surface area contributed by atoms with Crippen LogP contribution in [0.15, 0.2) is 124 Å². The van der Waals surface area contributed by atoms with E-state index in [4.69, 9.17) is 42.4 Å². The average Bonchev–Trinajstić information content (AvgIpc) is 3.43. The predicted octanol–water partition coefficient (Wildman–Crippen LogP) is 8.73. The van der Waals surface area contributed by atoms with Crippen molar-refractivity contribution >= 4 is 62.1 Å². The molecule has 7 aromatic rings. The van der Waals surface area contributed by atoms with Gasteiger partial charge in [0, 0.05) is 26.6 Å². The van der Waals surface area contributed by atoms with Gasteiger partial charge in [-0.1, -0.05) is 83.9 Å². The summed E-state index contributed by atoms with van der Waals surface area (Å²) in [5.41, 5.74) is 2.40. The van der Waals surface area contributed by atoms with Crippen LogP contribution in [0.1, 0.15) is 11.1 Å². The van der Waals surface area contributed by atoms with E-state index in [1.165, 1.54) is 4.68 Å². The lowest BCUT2D eigenvalue weighted by atomic mass is 10.0. The Labute approximate surface area is 250 Å². The van der Waals surface area contributed by atoms with Crippen LogP contribution in [-0.4, -0.2) is 15.9 Å². The molecule has 5 aromatic carbocycles. The largest absolute Gasteiger partial charge is 0.488 e. The molecule has 0 aliphatic carbocycles. The predicted molar refractivity (Wildman–Crippen MR) is 169 cm³/mol. The number of nitrogens with zero attached hydrogens (tertiary/aromatic N) is 3. The van der Waals surface area contributed by atoms with E-state index in [-0.39, 0.29) is 18.0 Å². The van der Waals surface area contributed by atoms with Crippen LogP contribution in [0, 0.1) is 0 Å². The summed E-state index contributed by atoms with van der Waals surface area (Å²) < 4.78 is 13.6. The zero-order chi connectivity index (χ0) is 28.6. The summed E-state index contributed by atoms with van der Waals surface area (Å²) in [6.07, 6.45) is 1.63. The highest BCUT2D eigenvalue weighted by molar-refractivity contribution is 6.31. The van der Waals surface area contributed by atoms with Crippen molar-refractivity contribution in [3.63, 3.8) is 0 Å². The van der Waals surface area contributed by atoms with Gasteiger partial charge in [-0.05, 0) is 59.3 Å². The molecule has 0 saturated heterocycles. The molecule has 204 valence electrons. The van der Waals surface area contributed by atoms with E-state index in [1.54, 1.807) is 48.7 Å². The Balaban J connectivity index is 1.39. The fourth-order valence-electron chi connectivity index (χ4n) is 4.94. The van der Waals surface area contributed by atoms with Gasteiger partial charge in [-0.2, -0.15) is 9.78 Å². The van der Waals surface area contributed by atoms with Crippen LogP contribution in [0.3, 0.4) is 0 Å². The molecule has 2 heterocycles. The molecule has 0 amide bonds. The van der Waals surface area contributed by atoms with Crippen LogP contribution in [0.4, 0.5) is 0 Å². The van der Waals surface area contributed by atoms with E-state index in [0.29, 0.717) is 43.6 Å². The molecule has 8 heteroatoms. The molecular formula is C34H21Cl2N3O3. The Bertz CT molecular complexity index is 2220. The molecule has 0 bridgehead atoms. The monoisotopic (exact) mass is 589 g/mol. The third kappa shape index (κ3) is 4.81. The minimum Gasteiger partial charge on any atom is -0.488 e. The first-order valence-electron chi connectivity index (χ1n) is 13.2. The summed E-state index contributed by atoms with van der Waals surface area (Å²) >= 11 is 12.6. The third-order valence-corrected chi connectivity index (χ3v) is 7.63. The van der Waals surface area contributed by atoms with Crippen LogP contribution in [0.5, 0.6) is 5.75 Å². The number of hydrogen-bond acceptors (Lipinski definition) is 5. The van der Waals surface area contributed by atoms with Gasteiger partial charge in [-0.3, -0.25) is 4.79 Å². The van der Waals surface area contributed by atoms with Gasteiger partial charge in [0.2, 0.25) is 5.82 Å². The fourth-order valence-corrected chi connectivity index (χ4v) is 5.31. The summed E-state index contributed by atoms with van der Waals surface area (Å²) in [5, 5.41) is 9.05. The van der Waals surface area contributed by atoms with E-state index in [0.717, 1.165) is 21.7 Å². The number of benzene rings is 5. The van der Waals surface area contributed by atoms with Crippen molar-refractivity contribution in [1.29, 1.82) is 0 Å². The van der Waals surface area contributed by atoms with Crippen molar-refractivity contribution < 1.29 is 9.15 Å². The number of hydrogen-bond donors (Lipinski definition) is 0. The fraction of sp³-hybridized carbons (Fsp3) is 0.0294. The quantitative estimate of drug-likeness (QED) is 0.182. The minimum absolute atomic E-state index is 0.265. The van der Waals surface area contributed by atoms with Crippen molar-refractivity contribution in [2.45, 2.75) is 6.61 Å². The maximum absolute atomic E-state index is 13.8. The van der Waals surface area contributed by atoms with E-state index >= 15 is 0 Å². The number of furan rings is 1. The number of ether oxygens (including phenoxy) is 1. The second kappa shape index (κ2) is 10.8. The van der Waals surface area contributed by atoms with Crippen molar-refractivity contribution in [1.82, 2.24) is 9.66 Å². The van der Waals surface area contributed by atoms with Gasteiger partial charge in [0.15, 0.2) is 5.76 Å². The molecule has 0 unspecified atom stereocenters. The molecular weight excluding hydrogens is 569 g/mol. The van der Waals surface area contributed by atoms with Crippen molar-refractivity contribution in [3.8, 4) is 17.3 Å². The molecule has 0 radical (unpaired) electrons. The first-order valence-corrected chi connectivity index (χ1v) is 13.9. The highest BCUT2D eigenvalue weighted by Gasteiger charge is 2.17. The van der Waals surface area contributed by atoms with Crippen molar-refractivity contribution in [3.05, 3.63) is 141 Å². The minimum atomic E-state index is -0.330. The van der Waals surface area contributed by atoms with E-state index in [9.17, 15) is 4.79 Å². The first-order chi connectivity index (χ1) is 20.5. The lowest BCUT2D eigenvalue weighted by Crippen LogP contribution is -2.20. The molecule has 6 nitrogen and oxygen atoms in total. The number of halogens is 2. The summed E-state index contributed by atoms with van der Waals surface area (Å²) in [5.74, 6) is 1.25. The second-order valence-electron chi connectivity index (χ2n) is 9.69. The van der Waals surface area contributed by atoms with Crippen LogP contribution < -0.4 is 10.3 Å². The summed E-state index contributed by atoms with van der Waals surface area (Å²) in [6.45, 7) is 0.267. The Kier molecular flexibility index (Phi) is 6.70. The number of aromatic nitrogens is 2. The lowest BCUT2D eigenvalue weighted by molar-refractivity contribution is 0.306. The summed E-state index contributed by atoms with van der Waals surface area (Å²) in [7, 11) is 0. The van der Waals surface area contributed by atoms with Gasteiger partial charge < -0.3 is 9.15 Å². The molecule has 0 saturated carbocycles. The van der Waals surface area contributed by atoms with Gasteiger partial charge >= 0.3 is 0 Å². The average molecular weight is 590 g/mol. The second-order valence-corrected chi connectivity index (χ2v) is 10.5. The number of fused-ring (bicyclic) bond motifs is 3. The number of para-hydroxylation sites is 1. The van der Waals surface area contributed by atoms with E-state index < -0.39 is 0 Å². The normalized spacial score (nSPS) is 11.7. The Morgan fingerprint density at radius 3 is 2.50 bits per heavy atom. The van der Waals surface area contributed by atoms with Crippen LogP contribution in [0.25, 0.3) is 44.2 Å². The maximum Gasteiger partial charge on any atom is 0.282 e. The molecule has 0 fully saturated rings. The van der Waals surface area contributed by atoms with Gasteiger partial charge in [0.1, 0.15) is 17.9 Å². The van der Waals surface area contributed by atoms with E-state index in [2.05, 4.69) is 0 Å². The van der Waals surface area contributed by atoms with Crippen molar-refractivity contribution in [2.24, 2.45) is 5.10 Å². The molecule has 0 aliphatic heterocycles. The molecule has 0 spiro atoms. The van der Waals surface area contributed by atoms with Crippen LogP contribution >= 0.6 is 23.2 Å². The Morgan fingerprint density at radius 1 is 0.833 bits per heavy atom. The molecule has 0 aliphatic rings. The standard InChI is InChI=1S/C34H21Cl2N3O3/c35-24-14-16-30-23(17-24)18-32(42-30)33-38-29-12-6-4-10-26(29)34(40)39(33)37-19-27-25-9-3-1-7-21(25)13-15-31(27)41-20-22-8-2-5-11-28(22)36/h1-19H,20H2. The van der Waals surface area contributed by atoms with Crippen LogP contribution in [-0.2, 0) is 6.61 Å². The van der Waals surface area contributed by atoms with Gasteiger partial charge in [-0.25, -0.2) is 4.98 Å². The van der Waals surface area contributed by atoms with Crippen molar-refractivity contribution in [2.75, 3.05) is 0 Å². The molecule has 0 N–H and O–H groups in total. The summed E-state index contributed by atoms with van der Waals surface area (Å²) in [6, 6.07) is 33.7. The highest BCUT2D eigenvalue weighted by Crippen LogP contribution is 2.31.